The fourth-order valence-corrected chi connectivity index (χ4v) is 3.03. The monoisotopic (exact) mass is 411 g/mol. The van der Waals surface area contributed by atoms with Gasteiger partial charge in [-0.25, -0.2) is 4.99 Å². The summed E-state index contributed by atoms with van der Waals surface area (Å²) in [6.45, 7) is 5.57. The lowest BCUT2D eigenvalue weighted by Gasteiger charge is -2.33. The largest absolute Gasteiger partial charge is 0.492 e. The standard InChI is InChI=1S/C18H26BrN3O3/c1-3-20-18(22-11-8-14(9-12-22)17(23)24-2)21-10-13-25-16-6-4-15(19)5-7-16/h4-7,14H,3,8-13H2,1-2H3,(H,20,21). The van der Waals surface area contributed by atoms with Gasteiger partial charge < -0.3 is 19.7 Å². The van der Waals surface area contributed by atoms with E-state index < -0.39 is 0 Å². The second-order valence-corrected chi connectivity index (χ2v) is 6.74. The van der Waals surface area contributed by atoms with E-state index in [2.05, 4.69) is 38.1 Å². The Morgan fingerprint density at radius 3 is 2.60 bits per heavy atom. The number of carbonyl (C=O) groups excluding carboxylic acids is 1. The number of aliphatic imine (C=N–C) groups is 1. The van der Waals surface area contributed by atoms with Crippen LogP contribution >= 0.6 is 15.9 Å². The summed E-state index contributed by atoms with van der Waals surface area (Å²) in [6.07, 6.45) is 1.60. The average Bonchev–Trinajstić information content (AvgIpc) is 2.65. The van der Waals surface area contributed by atoms with Crippen LogP contribution < -0.4 is 10.1 Å². The van der Waals surface area contributed by atoms with E-state index in [-0.39, 0.29) is 11.9 Å². The minimum atomic E-state index is -0.107. The summed E-state index contributed by atoms with van der Waals surface area (Å²) in [4.78, 5) is 18.5. The number of methoxy groups -OCH3 is 1. The number of carbonyl (C=O) groups is 1. The molecular formula is C18H26BrN3O3. The molecule has 0 amide bonds. The van der Waals surface area contributed by atoms with Crippen LogP contribution in [0.25, 0.3) is 0 Å². The SMILES string of the molecule is CCNC(=NCCOc1ccc(Br)cc1)N1CCC(C(=O)OC)CC1. The summed E-state index contributed by atoms with van der Waals surface area (Å²) < 4.78 is 11.6. The Morgan fingerprint density at radius 1 is 1.32 bits per heavy atom. The number of hydrogen-bond acceptors (Lipinski definition) is 4. The number of nitrogens with one attached hydrogen (secondary N) is 1. The van der Waals surface area contributed by atoms with Crippen LogP contribution in [0.15, 0.2) is 33.7 Å². The van der Waals surface area contributed by atoms with Crippen LogP contribution in [-0.2, 0) is 9.53 Å². The Labute approximate surface area is 157 Å². The molecule has 1 N–H and O–H groups in total. The molecule has 138 valence electrons. The third-order valence-corrected chi connectivity index (χ3v) is 4.63. The van der Waals surface area contributed by atoms with Gasteiger partial charge in [0, 0.05) is 24.1 Å². The quantitative estimate of drug-likeness (QED) is 0.337. The van der Waals surface area contributed by atoms with Crippen molar-refractivity contribution in [1.29, 1.82) is 0 Å². The van der Waals surface area contributed by atoms with Crippen LogP contribution in [0.3, 0.4) is 0 Å². The van der Waals surface area contributed by atoms with Gasteiger partial charge >= 0.3 is 5.97 Å². The lowest BCUT2D eigenvalue weighted by atomic mass is 9.97. The van der Waals surface area contributed by atoms with Crippen molar-refractivity contribution in [2.24, 2.45) is 10.9 Å². The van der Waals surface area contributed by atoms with E-state index in [4.69, 9.17) is 9.47 Å². The van der Waals surface area contributed by atoms with E-state index >= 15 is 0 Å². The van der Waals surface area contributed by atoms with Crippen molar-refractivity contribution in [3.05, 3.63) is 28.7 Å². The van der Waals surface area contributed by atoms with Crippen molar-refractivity contribution in [3.8, 4) is 5.75 Å². The number of likely N-dealkylation sites (tertiary alicyclic amines) is 1. The van der Waals surface area contributed by atoms with Crippen molar-refractivity contribution in [1.82, 2.24) is 10.2 Å². The van der Waals surface area contributed by atoms with Gasteiger partial charge in [-0.3, -0.25) is 4.79 Å². The molecule has 25 heavy (non-hydrogen) atoms. The zero-order valence-corrected chi connectivity index (χ0v) is 16.4. The number of rotatable bonds is 6. The number of esters is 1. The van der Waals surface area contributed by atoms with E-state index in [0.29, 0.717) is 13.2 Å². The van der Waals surface area contributed by atoms with Gasteiger partial charge in [0.2, 0.25) is 0 Å². The van der Waals surface area contributed by atoms with Crippen molar-refractivity contribution in [2.75, 3.05) is 39.9 Å². The minimum Gasteiger partial charge on any atom is -0.492 e. The predicted octanol–water partition coefficient (Wildman–Crippen LogP) is 2.68. The number of halogens is 1. The summed E-state index contributed by atoms with van der Waals surface area (Å²) >= 11 is 3.41. The molecule has 7 heteroatoms. The van der Waals surface area contributed by atoms with Gasteiger partial charge in [0.15, 0.2) is 5.96 Å². The molecule has 0 aromatic heterocycles. The maximum Gasteiger partial charge on any atom is 0.308 e. The maximum absolute atomic E-state index is 11.6. The molecule has 0 unspecified atom stereocenters. The first kappa shape index (κ1) is 19.6. The first-order chi connectivity index (χ1) is 12.1. The van der Waals surface area contributed by atoms with Gasteiger partial charge in [-0.2, -0.15) is 0 Å². The zero-order valence-electron chi connectivity index (χ0n) is 14.8. The second kappa shape index (κ2) is 10.3. The molecule has 1 aromatic rings. The first-order valence-electron chi connectivity index (χ1n) is 8.63. The van der Waals surface area contributed by atoms with E-state index in [0.717, 1.165) is 48.7 Å². The zero-order chi connectivity index (χ0) is 18.1. The number of guanidine groups is 1. The van der Waals surface area contributed by atoms with E-state index in [9.17, 15) is 4.79 Å². The molecule has 0 aliphatic carbocycles. The average molecular weight is 412 g/mol. The fraction of sp³-hybridized carbons (Fsp3) is 0.556. The van der Waals surface area contributed by atoms with Crippen LogP contribution in [0.5, 0.6) is 5.75 Å². The molecule has 0 radical (unpaired) electrons. The van der Waals surface area contributed by atoms with Gasteiger partial charge in [0.05, 0.1) is 19.6 Å². The molecule has 2 rings (SSSR count). The highest BCUT2D eigenvalue weighted by atomic mass is 79.9. The molecule has 0 atom stereocenters. The highest BCUT2D eigenvalue weighted by molar-refractivity contribution is 9.10. The molecule has 0 saturated carbocycles. The Bertz CT molecular complexity index is 569. The summed E-state index contributed by atoms with van der Waals surface area (Å²) in [5, 5.41) is 3.31. The molecule has 1 aliphatic heterocycles. The van der Waals surface area contributed by atoms with Crippen LogP contribution in [-0.4, -0.2) is 56.7 Å². The Kier molecular flexibility index (Phi) is 8.04. The lowest BCUT2D eigenvalue weighted by Crippen LogP contribution is -2.46. The van der Waals surface area contributed by atoms with Gasteiger partial charge in [-0.05, 0) is 44.0 Å². The maximum atomic E-state index is 11.6. The predicted molar refractivity (Wildman–Crippen MR) is 102 cm³/mol. The van der Waals surface area contributed by atoms with Crippen LogP contribution in [0, 0.1) is 5.92 Å². The van der Waals surface area contributed by atoms with Crippen LogP contribution in [0.4, 0.5) is 0 Å². The lowest BCUT2D eigenvalue weighted by molar-refractivity contribution is -0.146. The minimum absolute atomic E-state index is 0.00450. The van der Waals surface area contributed by atoms with E-state index in [1.54, 1.807) is 0 Å². The smallest absolute Gasteiger partial charge is 0.308 e. The Morgan fingerprint density at radius 2 is 2.00 bits per heavy atom. The number of benzene rings is 1. The molecule has 1 fully saturated rings. The molecular weight excluding hydrogens is 386 g/mol. The summed E-state index contributed by atoms with van der Waals surface area (Å²) in [6, 6.07) is 7.76. The van der Waals surface area contributed by atoms with Crippen molar-refractivity contribution in [3.63, 3.8) is 0 Å². The molecule has 1 heterocycles. The summed E-state index contributed by atoms with van der Waals surface area (Å²) in [7, 11) is 1.45. The normalized spacial score (nSPS) is 15.8. The van der Waals surface area contributed by atoms with Crippen LogP contribution in [0.2, 0.25) is 0 Å². The van der Waals surface area contributed by atoms with Gasteiger partial charge in [-0.1, -0.05) is 15.9 Å². The van der Waals surface area contributed by atoms with Crippen molar-refractivity contribution >= 4 is 27.9 Å². The fourth-order valence-electron chi connectivity index (χ4n) is 2.77. The third kappa shape index (κ3) is 6.23. The number of piperidine rings is 1. The van der Waals surface area contributed by atoms with Gasteiger partial charge in [-0.15, -0.1) is 0 Å². The topological polar surface area (TPSA) is 63.2 Å². The summed E-state index contributed by atoms with van der Waals surface area (Å²) in [5.41, 5.74) is 0. The van der Waals surface area contributed by atoms with E-state index in [1.807, 2.05) is 24.3 Å². The molecule has 1 aromatic carbocycles. The molecule has 0 spiro atoms. The third-order valence-electron chi connectivity index (χ3n) is 4.10. The number of hydrogen-bond donors (Lipinski definition) is 1. The molecule has 6 nitrogen and oxygen atoms in total. The summed E-state index contributed by atoms with van der Waals surface area (Å²) in [5.74, 6) is 1.61. The van der Waals surface area contributed by atoms with E-state index in [1.165, 1.54) is 7.11 Å². The number of nitrogens with zero attached hydrogens (tertiary/aromatic N) is 2. The van der Waals surface area contributed by atoms with Gasteiger partial charge in [0.1, 0.15) is 12.4 Å². The Hall–Kier alpha value is -1.76. The second-order valence-electron chi connectivity index (χ2n) is 5.82. The van der Waals surface area contributed by atoms with Crippen molar-refractivity contribution < 1.29 is 14.3 Å². The first-order valence-corrected chi connectivity index (χ1v) is 9.42. The number of ether oxygens (including phenoxy) is 2. The molecule has 1 aliphatic rings. The molecule has 1 saturated heterocycles. The van der Waals surface area contributed by atoms with Crippen molar-refractivity contribution in [2.45, 2.75) is 19.8 Å². The molecule has 0 bridgehead atoms. The Balaban J connectivity index is 1.82. The van der Waals surface area contributed by atoms with Gasteiger partial charge in [0.25, 0.3) is 0 Å². The highest BCUT2D eigenvalue weighted by Gasteiger charge is 2.26. The highest BCUT2D eigenvalue weighted by Crippen LogP contribution is 2.18. The van der Waals surface area contributed by atoms with Crippen LogP contribution in [0.1, 0.15) is 19.8 Å².